The Hall–Kier alpha value is -4.10. The molecule has 2 heterocycles. The van der Waals surface area contributed by atoms with E-state index in [0.717, 1.165) is 31.4 Å². The third-order valence-electron chi connectivity index (χ3n) is 10.7. The highest BCUT2D eigenvalue weighted by Crippen LogP contribution is 2.31. The maximum absolute atomic E-state index is 14.3. The van der Waals surface area contributed by atoms with Crippen molar-refractivity contribution in [2.75, 3.05) is 27.2 Å². The fraction of sp³-hybridized carbons (Fsp3) is 0.628. The summed E-state index contributed by atoms with van der Waals surface area (Å²) >= 11 is 1.22. The molecule has 12 nitrogen and oxygen atoms in total. The van der Waals surface area contributed by atoms with Gasteiger partial charge in [0.25, 0.3) is 5.91 Å². The number of rotatable bonds is 22. The Labute approximate surface area is 338 Å². The molecule has 0 spiro atoms. The number of aromatic nitrogens is 1. The zero-order valence-corrected chi connectivity index (χ0v) is 35.6. The van der Waals surface area contributed by atoms with Crippen LogP contribution in [0.15, 0.2) is 48.4 Å². The van der Waals surface area contributed by atoms with Crippen LogP contribution in [0.25, 0.3) is 0 Å². The highest BCUT2D eigenvalue weighted by atomic mass is 32.1. The third-order valence-corrected chi connectivity index (χ3v) is 11.7. The number of piperidine rings is 1. The van der Waals surface area contributed by atoms with Crippen molar-refractivity contribution in [1.29, 1.82) is 0 Å². The fourth-order valence-corrected chi connectivity index (χ4v) is 7.98. The van der Waals surface area contributed by atoms with Crippen LogP contribution in [-0.2, 0) is 35.1 Å². The molecule has 1 saturated heterocycles. The van der Waals surface area contributed by atoms with E-state index < -0.39 is 36.0 Å². The molecule has 0 saturated carbocycles. The first-order valence-electron chi connectivity index (χ1n) is 20.2. The van der Waals surface area contributed by atoms with Crippen molar-refractivity contribution in [3.8, 4) is 0 Å². The van der Waals surface area contributed by atoms with Crippen molar-refractivity contribution in [2.45, 2.75) is 130 Å². The largest absolute Gasteiger partial charge is 0.461 e. The summed E-state index contributed by atoms with van der Waals surface area (Å²) < 4.78 is 11.3. The lowest BCUT2D eigenvalue weighted by atomic mass is 9.92. The molecule has 6 unspecified atom stereocenters. The van der Waals surface area contributed by atoms with Crippen molar-refractivity contribution in [3.63, 3.8) is 0 Å². The summed E-state index contributed by atoms with van der Waals surface area (Å²) in [7, 11) is 3.69. The van der Waals surface area contributed by atoms with Gasteiger partial charge < -0.3 is 25.0 Å². The van der Waals surface area contributed by atoms with Crippen molar-refractivity contribution >= 4 is 41.0 Å². The molecule has 1 aromatic heterocycles. The minimum atomic E-state index is -0.824. The molecule has 1 aromatic carbocycles. The topological polar surface area (TPSA) is 147 Å². The van der Waals surface area contributed by atoms with E-state index in [9.17, 15) is 24.0 Å². The van der Waals surface area contributed by atoms with E-state index in [4.69, 9.17) is 14.5 Å². The summed E-state index contributed by atoms with van der Waals surface area (Å²) in [6, 6.07) is 7.93. The third kappa shape index (κ3) is 13.8. The van der Waals surface area contributed by atoms with Gasteiger partial charge in [-0.2, -0.15) is 0 Å². The van der Waals surface area contributed by atoms with Gasteiger partial charge in [-0.25, -0.2) is 4.98 Å². The number of nitrogens with one attached hydrogen (secondary N) is 2. The summed E-state index contributed by atoms with van der Waals surface area (Å²) in [5.41, 5.74) is 1.17. The Bertz CT molecular complexity index is 1580. The number of esters is 2. The maximum Gasteiger partial charge on any atom is 0.309 e. The van der Waals surface area contributed by atoms with E-state index in [1.54, 1.807) is 24.3 Å². The SMILES string of the molecule is C=CCOC(=O)C(C)CC(Cc1ccccc1)NC(=O)c1csc(C(CC(C(C)C)N(C)C(=O)C(NC(=O)[C@H]2CCCCN2C)C(C)CC)OC(=O)CCC)n1. The number of hydrogen-bond donors (Lipinski definition) is 2. The number of ether oxygens (including phenoxy) is 2. The summed E-state index contributed by atoms with van der Waals surface area (Å²) in [4.78, 5) is 75.6. The molecule has 1 aliphatic heterocycles. The molecule has 7 atom stereocenters. The van der Waals surface area contributed by atoms with Crippen molar-refractivity contribution in [1.82, 2.24) is 25.4 Å². The van der Waals surface area contributed by atoms with Gasteiger partial charge in [0.15, 0.2) is 6.10 Å². The molecule has 13 heteroatoms. The Morgan fingerprint density at radius 3 is 2.39 bits per heavy atom. The monoisotopic (exact) mass is 795 g/mol. The summed E-state index contributed by atoms with van der Waals surface area (Å²) in [6.07, 6.45) is 6.05. The minimum absolute atomic E-state index is 0.0456. The Morgan fingerprint density at radius 2 is 1.77 bits per heavy atom. The van der Waals surface area contributed by atoms with Crippen LogP contribution >= 0.6 is 11.3 Å². The lowest BCUT2D eigenvalue weighted by Crippen LogP contribution is -2.58. The first-order valence-corrected chi connectivity index (χ1v) is 21.1. The summed E-state index contributed by atoms with van der Waals surface area (Å²) in [5.74, 6) is -2.15. The van der Waals surface area contributed by atoms with E-state index in [1.807, 2.05) is 72.0 Å². The van der Waals surface area contributed by atoms with Gasteiger partial charge in [-0.3, -0.25) is 28.9 Å². The molecule has 2 N–H and O–H groups in total. The van der Waals surface area contributed by atoms with Gasteiger partial charge in [0.1, 0.15) is 23.4 Å². The molecule has 310 valence electrons. The molecule has 0 bridgehead atoms. The molecule has 1 aliphatic rings. The van der Waals surface area contributed by atoms with E-state index in [2.05, 4.69) is 22.1 Å². The fourth-order valence-electron chi connectivity index (χ4n) is 7.14. The van der Waals surface area contributed by atoms with Crippen LogP contribution in [0.5, 0.6) is 0 Å². The Kier molecular flexibility index (Phi) is 19.2. The summed E-state index contributed by atoms with van der Waals surface area (Å²) in [6.45, 7) is 16.2. The van der Waals surface area contributed by atoms with Gasteiger partial charge in [0.2, 0.25) is 11.8 Å². The van der Waals surface area contributed by atoms with Crippen LogP contribution in [0.3, 0.4) is 0 Å². The van der Waals surface area contributed by atoms with E-state index in [-0.39, 0.29) is 66.8 Å². The first kappa shape index (κ1) is 46.3. The second-order valence-corrected chi connectivity index (χ2v) is 16.5. The van der Waals surface area contributed by atoms with Crippen LogP contribution in [-0.4, -0.2) is 95.9 Å². The van der Waals surface area contributed by atoms with E-state index in [0.29, 0.717) is 30.7 Å². The normalized spacial score (nSPS) is 17.8. The van der Waals surface area contributed by atoms with E-state index >= 15 is 0 Å². The highest BCUT2D eigenvalue weighted by molar-refractivity contribution is 7.09. The number of amides is 3. The predicted molar refractivity (Wildman–Crippen MR) is 220 cm³/mol. The van der Waals surface area contributed by atoms with E-state index in [1.165, 1.54) is 17.4 Å². The molecule has 3 amide bonds. The predicted octanol–water partition coefficient (Wildman–Crippen LogP) is 6.51. The molecule has 0 aliphatic carbocycles. The van der Waals surface area contributed by atoms with Crippen molar-refractivity contribution < 1.29 is 33.4 Å². The number of hydrogen-bond acceptors (Lipinski definition) is 10. The van der Waals surface area contributed by atoms with Crippen LogP contribution in [0.1, 0.15) is 120 Å². The Balaban J connectivity index is 1.85. The van der Waals surface area contributed by atoms with Crippen LogP contribution in [0, 0.1) is 17.8 Å². The highest BCUT2D eigenvalue weighted by Gasteiger charge is 2.37. The van der Waals surface area contributed by atoms with Gasteiger partial charge >= 0.3 is 11.9 Å². The van der Waals surface area contributed by atoms with Gasteiger partial charge in [-0.05, 0) is 63.1 Å². The number of benzene rings is 1. The molecular weight excluding hydrogens is 731 g/mol. The van der Waals surface area contributed by atoms with Gasteiger partial charge in [0.05, 0.1) is 12.0 Å². The molecule has 1 fully saturated rings. The zero-order valence-electron chi connectivity index (χ0n) is 34.8. The number of carbonyl (C=O) groups is 5. The summed E-state index contributed by atoms with van der Waals surface area (Å²) in [5, 5.41) is 8.27. The quantitative estimate of drug-likeness (QED) is 0.101. The van der Waals surface area contributed by atoms with Gasteiger partial charge in [-0.1, -0.05) is 97.4 Å². The minimum Gasteiger partial charge on any atom is -0.461 e. The molecular formula is C43H65N5O7S. The van der Waals surface area contributed by atoms with Crippen molar-refractivity contribution in [3.05, 3.63) is 64.6 Å². The van der Waals surface area contributed by atoms with Gasteiger partial charge in [-0.15, -0.1) is 11.3 Å². The van der Waals surface area contributed by atoms with Crippen LogP contribution < -0.4 is 10.6 Å². The van der Waals surface area contributed by atoms with Gasteiger partial charge in [0, 0.05) is 37.4 Å². The zero-order chi connectivity index (χ0) is 41.4. The van der Waals surface area contributed by atoms with Crippen LogP contribution in [0.4, 0.5) is 0 Å². The average molecular weight is 796 g/mol. The average Bonchev–Trinajstić information content (AvgIpc) is 3.68. The Morgan fingerprint density at radius 1 is 1.05 bits per heavy atom. The molecule has 2 aromatic rings. The number of thiazole rings is 1. The number of nitrogens with zero attached hydrogens (tertiary/aromatic N) is 3. The standard InChI is InChI=1S/C43H65N5O7S/c1-10-18-37(49)55-36(26-35(28(4)5)48(9)42(52)38(29(6)12-3)46-40(51)34-21-16-17-22-47(34)8)41-45-33(27-56-41)39(50)44-32(25-31-19-14-13-15-20-31)24-30(7)43(53)54-23-11-2/h11,13-15,19-20,27-30,32,34-36,38H,2,10,12,16-18,21-26H2,1,3-9H3,(H,44,50)(H,46,51)/t29?,30?,32?,34-,35?,36?,38?/m1/s1. The van der Waals surface area contributed by atoms with Crippen molar-refractivity contribution in [2.24, 2.45) is 17.8 Å². The second kappa shape index (κ2) is 23.2. The number of likely N-dealkylation sites (tertiary alicyclic amines) is 1. The number of likely N-dealkylation sites (N-methyl/N-ethyl adjacent to an activating group) is 2. The molecule has 56 heavy (non-hydrogen) atoms. The first-order chi connectivity index (χ1) is 26.7. The smallest absolute Gasteiger partial charge is 0.309 e. The van der Waals surface area contributed by atoms with Crippen LogP contribution in [0.2, 0.25) is 0 Å². The number of carbonyl (C=O) groups excluding carboxylic acids is 5. The molecule has 0 radical (unpaired) electrons. The molecule has 3 rings (SSSR count). The lowest BCUT2D eigenvalue weighted by molar-refractivity contribution is -0.152. The second-order valence-electron chi connectivity index (χ2n) is 15.6. The lowest BCUT2D eigenvalue weighted by Gasteiger charge is -2.38. The maximum atomic E-state index is 14.3.